The molecule has 0 spiro atoms. The molecular weight excluding hydrogens is 902 g/mol. The zero-order valence-corrected chi connectivity index (χ0v) is 43.1. The molecule has 0 saturated heterocycles. The molecule has 3 aliphatic heterocycles. The molecule has 0 radical (unpaired) electrons. The zero-order chi connectivity index (χ0) is 49.4. The van der Waals surface area contributed by atoms with Gasteiger partial charge in [-0.15, -0.1) is 0 Å². The maximum atomic E-state index is 7.36. The topological polar surface area (TPSA) is 25.6 Å². The van der Waals surface area contributed by atoms with Crippen LogP contribution in [0.25, 0.3) is 55.3 Å². The van der Waals surface area contributed by atoms with Gasteiger partial charge < -0.3 is 14.1 Å². The fourth-order valence-corrected chi connectivity index (χ4v) is 17.7. The molecule has 10 aromatic carbocycles. The molecule has 0 atom stereocenters. The zero-order valence-electron chi connectivity index (χ0n) is 42.1. The molecule has 0 aliphatic carbocycles. The Balaban J connectivity index is 1.13. The molecule has 11 aromatic rings. The molecule has 0 unspecified atom stereocenters. The van der Waals surface area contributed by atoms with Crippen molar-refractivity contribution in [1.82, 2.24) is 0 Å². The van der Waals surface area contributed by atoms with E-state index in [2.05, 4.69) is 259 Å². The van der Waals surface area contributed by atoms with Crippen LogP contribution in [-0.4, -0.2) is 14.8 Å². The van der Waals surface area contributed by atoms with Crippen molar-refractivity contribution < 1.29 is 9.15 Å². The van der Waals surface area contributed by atoms with Crippen molar-refractivity contribution >= 4 is 90.9 Å². The van der Waals surface area contributed by atoms with Gasteiger partial charge in [0.25, 0.3) is 6.71 Å². The summed E-state index contributed by atoms with van der Waals surface area (Å²) in [6.45, 7) is 13.8. The summed E-state index contributed by atoms with van der Waals surface area (Å²) >= 11 is 0. The molecule has 0 fully saturated rings. The smallest absolute Gasteiger partial charge is 0.256 e. The predicted molar refractivity (Wildman–Crippen MR) is 310 cm³/mol. The Labute approximate surface area is 429 Å². The van der Waals surface area contributed by atoms with Crippen LogP contribution in [0.5, 0.6) is 11.5 Å². The Morgan fingerprint density at radius 2 is 1.04 bits per heavy atom. The van der Waals surface area contributed by atoms with Gasteiger partial charge in [0, 0.05) is 27.7 Å². The van der Waals surface area contributed by atoms with E-state index >= 15 is 0 Å². The number of hydrogen-bond acceptors (Lipinski definition) is 3. The molecule has 0 bridgehead atoms. The monoisotopic (exact) mass is 955 g/mol. The highest BCUT2D eigenvalue weighted by atomic mass is 28.3. The van der Waals surface area contributed by atoms with Crippen LogP contribution in [0.4, 0.5) is 17.1 Å². The normalized spacial score (nSPS) is 14.1. The van der Waals surface area contributed by atoms with Crippen LogP contribution in [0.15, 0.2) is 223 Å². The van der Waals surface area contributed by atoms with Crippen molar-refractivity contribution in [3.8, 4) is 44.9 Å². The molecule has 14 rings (SSSR count). The lowest BCUT2D eigenvalue weighted by Crippen LogP contribution is -2.73. The quantitative estimate of drug-likeness (QED) is 0.161. The van der Waals surface area contributed by atoms with Gasteiger partial charge in [-0.1, -0.05) is 205 Å². The summed E-state index contributed by atoms with van der Waals surface area (Å²) < 4.78 is 13.7. The van der Waals surface area contributed by atoms with Crippen LogP contribution in [-0.2, 0) is 10.8 Å². The Hall–Kier alpha value is -8.12. The summed E-state index contributed by atoms with van der Waals surface area (Å²) in [6, 6.07) is 82.2. The number of para-hydroxylation sites is 1. The third-order valence-electron chi connectivity index (χ3n) is 16.1. The SMILES string of the molecule is CC(C)(C)c1ccc2c(c1)B1c3cc4c(cc3N(c3ccc(C(C)(C)C)cc3-c3ccccc3)c3cc(-c5ccc6oc7ccccc7c6c5)cc(c31)O2)-c1ccccc1[Si]4(c1ccccc1)c1ccccc1. The molecule has 5 heteroatoms. The van der Waals surface area contributed by atoms with Gasteiger partial charge in [0.2, 0.25) is 0 Å². The molecule has 0 N–H and O–H groups in total. The van der Waals surface area contributed by atoms with Crippen LogP contribution in [0.3, 0.4) is 0 Å². The molecule has 350 valence electrons. The maximum absolute atomic E-state index is 7.36. The molecule has 0 saturated carbocycles. The second-order valence-corrected chi connectivity index (χ2v) is 26.2. The van der Waals surface area contributed by atoms with E-state index in [1.807, 2.05) is 6.07 Å². The fourth-order valence-electron chi connectivity index (χ4n) is 12.5. The van der Waals surface area contributed by atoms with Gasteiger partial charge in [0.1, 0.15) is 22.7 Å². The van der Waals surface area contributed by atoms with Crippen molar-refractivity contribution in [2.45, 2.75) is 52.4 Å². The van der Waals surface area contributed by atoms with Gasteiger partial charge in [0.15, 0.2) is 8.07 Å². The number of rotatable bonds is 5. The maximum Gasteiger partial charge on any atom is 0.256 e. The van der Waals surface area contributed by atoms with Gasteiger partial charge in [0.05, 0.1) is 5.69 Å². The Morgan fingerprint density at radius 1 is 0.397 bits per heavy atom. The third kappa shape index (κ3) is 6.58. The number of nitrogens with zero attached hydrogens (tertiary/aromatic N) is 1. The van der Waals surface area contributed by atoms with Crippen LogP contribution in [0.1, 0.15) is 52.7 Å². The predicted octanol–water partition coefficient (Wildman–Crippen LogP) is 13.3. The Morgan fingerprint density at radius 3 is 1.78 bits per heavy atom. The number of furan rings is 1. The highest BCUT2D eigenvalue weighted by Crippen LogP contribution is 2.49. The Kier molecular flexibility index (Phi) is 9.53. The summed E-state index contributed by atoms with van der Waals surface area (Å²) in [5.74, 6) is 1.79. The fraction of sp³-hybridized carbons (Fsp3) is 0.118. The summed E-state index contributed by atoms with van der Waals surface area (Å²) in [6.07, 6.45) is 0. The van der Waals surface area contributed by atoms with Crippen LogP contribution >= 0.6 is 0 Å². The van der Waals surface area contributed by atoms with E-state index in [1.165, 1.54) is 76.2 Å². The van der Waals surface area contributed by atoms with Crippen LogP contribution < -0.4 is 46.8 Å². The first kappa shape index (κ1) is 43.7. The van der Waals surface area contributed by atoms with Crippen molar-refractivity contribution in [3.05, 3.63) is 230 Å². The van der Waals surface area contributed by atoms with Crippen molar-refractivity contribution in [3.63, 3.8) is 0 Å². The molecule has 0 amide bonds. The molecular formula is C68H54BNO2Si. The van der Waals surface area contributed by atoms with Crippen molar-refractivity contribution in [2.75, 3.05) is 4.90 Å². The average molecular weight is 956 g/mol. The molecule has 1 aromatic heterocycles. The highest BCUT2D eigenvalue weighted by Gasteiger charge is 2.51. The summed E-state index contributed by atoms with van der Waals surface area (Å²) in [7, 11) is -2.89. The summed E-state index contributed by atoms with van der Waals surface area (Å²) in [5.41, 5.74) is 18.5. The number of ether oxygens (including phenoxy) is 1. The number of hydrogen-bond donors (Lipinski definition) is 0. The molecule has 4 heterocycles. The lowest BCUT2D eigenvalue weighted by Gasteiger charge is -2.42. The van der Waals surface area contributed by atoms with E-state index in [-0.39, 0.29) is 17.5 Å². The van der Waals surface area contributed by atoms with Gasteiger partial charge in [-0.25, -0.2) is 0 Å². The largest absolute Gasteiger partial charge is 0.458 e. The lowest BCUT2D eigenvalue weighted by atomic mass is 9.34. The second kappa shape index (κ2) is 15.9. The lowest BCUT2D eigenvalue weighted by molar-refractivity contribution is 0.486. The van der Waals surface area contributed by atoms with Gasteiger partial charge in [-0.2, -0.15) is 0 Å². The van der Waals surface area contributed by atoms with E-state index in [1.54, 1.807) is 0 Å². The second-order valence-electron chi connectivity index (χ2n) is 22.4. The number of anilines is 3. The molecule has 73 heavy (non-hydrogen) atoms. The van der Waals surface area contributed by atoms with Gasteiger partial charge >= 0.3 is 0 Å². The van der Waals surface area contributed by atoms with E-state index in [4.69, 9.17) is 9.15 Å². The minimum absolute atomic E-state index is 0.0718. The van der Waals surface area contributed by atoms with Crippen LogP contribution in [0, 0.1) is 0 Å². The van der Waals surface area contributed by atoms with E-state index < -0.39 is 8.07 Å². The average Bonchev–Trinajstić information content (AvgIpc) is 3.93. The number of benzene rings is 10. The van der Waals surface area contributed by atoms with E-state index in [0.717, 1.165) is 55.9 Å². The number of fused-ring (bicyclic) bond motifs is 10. The Bertz CT molecular complexity index is 3990. The van der Waals surface area contributed by atoms with Crippen molar-refractivity contribution in [2.24, 2.45) is 0 Å². The molecule has 3 aliphatic rings. The first-order chi connectivity index (χ1) is 35.4. The summed E-state index contributed by atoms with van der Waals surface area (Å²) in [4.78, 5) is 2.60. The van der Waals surface area contributed by atoms with Crippen LogP contribution in [0.2, 0.25) is 0 Å². The van der Waals surface area contributed by atoms with E-state index in [9.17, 15) is 0 Å². The minimum Gasteiger partial charge on any atom is -0.458 e. The summed E-state index contributed by atoms with van der Waals surface area (Å²) in [5, 5.41) is 7.85. The first-order valence-corrected chi connectivity index (χ1v) is 27.8. The highest BCUT2D eigenvalue weighted by molar-refractivity contribution is 7.22. The van der Waals surface area contributed by atoms with Gasteiger partial charge in [-0.05, 0) is 142 Å². The first-order valence-electron chi connectivity index (χ1n) is 25.8. The minimum atomic E-state index is -2.89. The van der Waals surface area contributed by atoms with Crippen molar-refractivity contribution in [1.29, 1.82) is 0 Å². The third-order valence-corrected chi connectivity index (χ3v) is 21.0. The van der Waals surface area contributed by atoms with Gasteiger partial charge in [-0.3, -0.25) is 0 Å². The molecule has 3 nitrogen and oxygen atoms in total. The van der Waals surface area contributed by atoms with E-state index in [0.29, 0.717) is 0 Å². The standard InChI is InChI=1S/C68H54BNO2Si/c1-67(2,3)46-31-33-57(52(39-46)43-20-10-7-11-21-43)70-58-41-54-51-27-17-19-29-64(51)73(48-22-12-8-13-23-48,49-24-14-9-15-25-49)65(54)42-55(58)69-56-40-47(68(4,5)6)32-35-62(56)72-63-38-45(37-59(70)66(63)69)44-30-34-61-53(36-44)50-26-16-18-28-60(50)71-61/h7-42H,1-6H3.